The Morgan fingerprint density at radius 2 is 2.06 bits per heavy atom. The number of aliphatic hydroxyl groups is 1. The van der Waals surface area contributed by atoms with E-state index in [1.165, 1.54) is 17.0 Å². The van der Waals surface area contributed by atoms with Gasteiger partial charge in [-0.15, -0.1) is 0 Å². The Kier molecular flexibility index (Phi) is 5.94. The molecular formula is C26H26F3N3O4. The smallest absolute Gasteiger partial charge is 0.416 e. The second-order valence-corrected chi connectivity index (χ2v) is 9.64. The van der Waals surface area contributed by atoms with Crippen molar-refractivity contribution in [2.24, 2.45) is 0 Å². The van der Waals surface area contributed by atoms with Crippen LogP contribution in [0.25, 0.3) is 5.57 Å². The molecule has 1 aliphatic carbocycles. The van der Waals surface area contributed by atoms with Crippen molar-refractivity contribution in [2.45, 2.75) is 57.0 Å². The van der Waals surface area contributed by atoms with Crippen LogP contribution in [0.3, 0.4) is 0 Å². The zero-order valence-corrected chi connectivity index (χ0v) is 19.6. The van der Waals surface area contributed by atoms with Crippen LogP contribution in [0.5, 0.6) is 5.75 Å². The quantitative estimate of drug-likeness (QED) is 0.505. The van der Waals surface area contributed by atoms with Gasteiger partial charge in [-0.3, -0.25) is 4.79 Å². The number of halogens is 3. The first-order chi connectivity index (χ1) is 17.1. The number of ether oxygens (including phenoxy) is 1. The lowest BCUT2D eigenvalue weighted by Crippen LogP contribution is -2.45. The van der Waals surface area contributed by atoms with E-state index in [1.54, 1.807) is 25.1 Å². The van der Waals surface area contributed by atoms with Crippen molar-refractivity contribution >= 4 is 28.9 Å². The topological polar surface area (TPSA) is 90.9 Å². The van der Waals surface area contributed by atoms with E-state index in [4.69, 9.17) is 4.74 Å². The number of hydrogen-bond acceptors (Lipinski definition) is 4. The van der Waals surface area contributed by atoms with Gasteiger partial charge < -0.3 is 25.4 Å². The molecule has 2 aromatic carbocycles. The lowest BCUT2D eigenvalue weighted by molar-refractivity contribution is -0.138. The van der Waals surface area contributed by atoms with Gasteiger partial charge in [-0.25, -0.2) is 4.79 Å². The largest absolute Gasteiger partial charge is 0.486 e. The molecule has 1 atom stereocenters. The van der Waals surface area contributed by atoms with Crippen molar-refractivity contribution in [3.05, 3.63) is 59.2 Å². The lowest BCUT2D eigenvalue weighted by Gasteiger charge is -2.46. The van der Waals surface area contributed by atoms with Crippen LogP contribution in [0.1, 0.15) is 49.3 Å². The molecule has 1 saturated carbocycles. The monoisotopic (exact) mass is 501 g/mol. The highest BCUT2D eigenvalue weighted by Crippen LogP contribution is 2.50. The summed E-state index contributed by atoms with van der Waals surface area (Å²) in [5.41, 5.74) is 1.63. The summed E-state index contributed by atoms with van der Waals surface area (Å²) in [6, 6.07) is 7.86. The molecule has 190 valence electrons. The Bertz CT molecular complexity index is 1250. The van der Waals surface area contributed by atoms with E-state index < -0.39 is 23.2 Å². The average Bonchev–Trinajstić information content (AvgIpc) is 2.81. The second kappa shape index (κ2) is 8.85. The Balaban J connectivity index is 1.37. The van der Waals surface area contributed by atoms with Gasteiger partial charge in [0.05, 0.1) is 18.2 Å². The van der Waals surface area contributed by atoms with Gasteiger partial charge in [0, 0.05) is 36.0 Å². The minimum absolute atomic E-state index is 0.146. The molecule has 2 aliphatic heterocycles. The van der Waals surface area contributed by atoms with Crippen LogP contribution in [-0.4, -0.2) is 40.2 Å². The maximum absolute atomic E-state index is 13.2. The number of fused-ring (bicyclic) bond motifs is 2. The van der Waals surface area contributed by atoms with Crippen molar-refractivity contribution in [3.8, 4) is 5.75 Å². The van der Waals surface area contributed by atoms with Crippen molar-refractivity contribution < 1.29 is 32.6 Å². The Morgan fingerprint density at radius 1 is 1.28 bits per heavy atom. The summed E-state index contributed by atoms with van der Waals surface area (Å²) in [5, 5.41) is 14.9. The number of aliphatic hydroxyl groups excluding tert-OH is 1. The summed E-state index contributed by atoms with van der Waals surface area (Å²) in [6.45, 7) is 1.93. The molecule has 10 heteroatoms. The number of urea groups is 1. The number of alkyl halides is 3. The SMILES string of the molecule is C[C@@H](CO)N1Cc2ccc(NC(=O)C=C3CC4(CCC4)Oc4cc(C(F)(F)F)ccc43)cc2NC1=O. The zero-order chi connectivity index (χ0) is 25.7. The molecule has 3 aliphatic rings. The Labute approximate surface area is 205 Å². The number of amides is 3. The maximum atomic E-state index is 13.2. The third-order valence-electron chi connectivity index (χ3n) is 7.08. The van der Waals surface area contributed by atoms with Crippen LogP contribution in [0, 0.1) is 0 Å². The number of carbonyl (C=O) groups excluding carboxylic acids is 2. The highest BCUT2D eigenvalue weighted by atomic mass is 19.4. The maximum Gasteiger partial charge on any atom is 0.416 e. The summed E-state index contributed by atoms with van der Waals surface area (Å²) in [5.74, 6) is -0.280. The van der Waals surface area contributed by atoms with Crippen LogP contribution in [0.2, 0.25) is 0 Å². The molecule has 5 rings (SSSR count). The van der Waals surface area contributed by atoms with Gasteiger partial charge in [-0.05, 0) is 61.6 Å². The van der Waals surface area contributed by atoms with E-state index in [9.17, 15) is 27.9 Å². The van der Waals surface area contributed by atoms with Gasteiger partial charge in [-0.2, -0.15) is 13.2 Å². The molecule has 1 spiro atoms. The van der Waals surface area contributed by atoms with Crippen molar-refractivity contribution in [3.63, 3.8) is 0 Å². The van der Waals surface area contributed by atoms with Crippen molar-refractivity contribution in [2.75, 3.05) is 17.2 Å². The molecule has 0 saturated heterocycles. The molecule has 1 fully saturated rings. The molecule has 3 N–H and O–H groups in total. The van der Waals surface area contributed by atoms with Crippen LogP contribution >= 0.6 is 0 Å². The summed E-state index contributed by atoms with van der Waals surface area (Å²) < 4.78 is 45.7. The zero-order valence-electron chi connectivity index (χ0n) is 19.6. The number of nitrogens with zero attached hydrogens (tertiary/aromatic N) is 1. The number of benzene rings is 2. The fourth-order valence-corrected chi connectivity index (χ4v) is 4.88. The average molecular weight is 502 g/mol. The molecule has 0 bridgehead atoms. The predicted octanol–water partition coefficient (Wildman–Crippen LogP) is 5.16. The van der Waals surface area contributed by atoms with Crippen molar-refractivity contribution in [1.29, 1.82) is 0 Å². The van der Waals surface area contributed by atoms with E-state index in [0.29, 0.717) is 35.5 Å². The number of hydrogen-bond donors (Lipinski definition) is 3. The van der Waals surface area contributed by atoms with E-state index >= 15 is 0 Å². The van der Waals surface area contributed by atoms with E-state index in [-0.39, 0.29) is 24.4 Å². The lowest BCUT2D eigenvalue weighted by atomic mass is 9.72. The summed E-state index contributed by atoms with van der Waals surface area (Å²) in [6.07, 6.45) is -0.270. The van der Waals surface area contributed by atoms with Gasteiger partial charge in [-0.1, -0.05) is 12.1 Å². The Hall–Kier alpha value is -3.53. The van der Waals surface area contributed by atoms with Gasteiger partial charge in [0.1, 0.15) is 11.4 Å². The summed E-state index contributed by atoms with van der Waals surface area (Å²) in [4.78, 5) is 26.8. The van der Waals surface area contributed by atoms with E-state index in [0.717, 1.165) is 37.0 Å². The first kappa shape index (κ1) is 24.2. The van der Waals surface area contributed by atoms with Gasteiger partial charge in [0.25, 0.3) is 0 Å². The molecule has 3 amide bonds. The first-order valence-corrected chi connectivity index (χ1v) is 11.8. The molecule has 0 aromatic heterocycles. The van der Waals surface area contributed by atoms with E-state index in [2.05, 4.69) is 10.6 Å². The van der Waals surface area contributed by atoms with Crippen LogP contribution in [-0.2, 0) is 17.5 Å². The highest BCUT2D eigenvalue weighted by molar-refractivity contribution is 6.05. The van der Waals surface area contributed by atoms with Crippen LogP contribution < -0.4 is 15.4 Å². The second-order valence-electron chi connectivity index (χ2n) is 9.64. The molecule has 36 heavy (non-hydrogen) atoms. The highest BCUT2D eigenvalue weighted by Gasteiger charge is 2.44. The van der Waals surface area contributed by atoms with E-state index in [1.807, 2.05) is 0 Å². The summed E-state index contributed by atoms with van der Waals surface area (Å²) >= 11 is 0. The molecule has 2 aromatic rings. The number of nitrogens with one attached hydrogen (secondary N) is 2. The normalized spacial score (nSPS) is 20.1. The standard InChI is InChI=1S/C26H26F3N3O4/c1-15(14-33)32-13-16-3-5-19(11-21(16)31-24(32)35)30-23(34)9-17-12-25(7-2-8-25)36-22-10-18(26(27,28)29)4-6-20(17)22/h3-6,9-11,15,33H,2,7-8,12-14H2,1H3,(H,30,34)(H,31,35)/t15-/m0/s1. The van der Waals surface area contributed by atoms with Gasteiger partial charge in [0.2, 0.25) is 5.91 Å². The van der Waals surface area contributed by atoms with Gasteiger partial charge >= 0.3 is 12.2 Å². The van der Waals surface area contributed by atoms with Gasteiger partial charge in [0.15, 0.2) is 0 Å². The van der Waals surface area contributed by atoms with Crippen LogP contribution in [0.4, 0.5) is 29.3 Å². The molecular weight excluding hydrogens is 475 g/mol. The number of anilines is 2. The third kappa shape index (κ3) is 4.53. The Morgan fingerprint density at radius 3 is 2.72 bits per heavy atom. The first-order valence-electron chi connectivity index (χ1n) is 11.8. The fraction of sp³-hybridized carbons (Fsp3) is 0.385. The molecule has 0 radical (unpaired) electrons. The minimum Gasteiger partial charge on any atom is -0.486 e. The number of carbonyl (C=O) groups is 2. The predicted molar refractivity (Wildman–Crippen MR) is 127 cm³/mol. The molecule has 2 heterocycles. The molecule has 0 unspecified atom stereocenters. The fourth-order valence-electron chi connectivity index (χ4n) is 4.88. The third-order valence-corrected chi connectivity index (χ3v) is 7.08. The molecule has 7 nitrogen and oxygen atoms in total. The van der Waals surface area contributed by atoms with Crippen LogP contribution in [0.15, 0.2) is 42.5 Å². The summed E-state index contributed by atoms with van der Waals surface area (Å²) in [7, 11) is 0. The minimum atomic E-state index is -4.49. The number of rotatable bonds is 4. The van der Waals surface area contributed by atoms with Crippen molar-refractivity contribution in [1.82, 2.24) is 4.90 Å².